The number of esters is 2. The van der Waals surface area contributed by atoms with Gasteiger partial charge in [-0.05, 0) is 73.4 Å². The Morgan fingerprint density at radius 2 is 1.33 bits per heavy atom. The Morgan fingerprint density at radius 1 is 0.767 bits per heavy atom. The number of carbonyl (C=O) groups excluding carboxylic acids is 2. The molecule has 0 radical (unpaired) electrons. The lowest BCUT2D eigenvalue weighted by molar-refractivity contribution is -0.385. The van der Waals surface area contributed by atoms with E-state index in [-0.39, 0.29) is 23.0 Å². The minimum absolute atomic E-state index is 0.128. The van der Waals surface area contributed by atoms with Crippen molar-refractivity contribution < 1.29 is 33.5 Å². The first kappa shape index (κ1) is 32.8. The van der Waals surface area contributed by atoms with Crippen LogP contribution in [0, 0.1) is 10.1 Å². The molecule has 0 saturated carbocycles. The van der Waals surface area contributed by atoms with E-state index in [4.69, 9.17) is 18.9 Å². The molecule has 0 aliphatic rings. The lowest BCUT2D eigenvalue weighted by atomic mass is 10.0. The van der Waals surface area contributed by atoms with Crippen molar-refractivity contribution >= 4 is 17.6 Å². The average Bonchev–Trinajstić information content (AvgIpc) is 3.01. The van der Waals surface area contributed by atoms with Crippen LogP contribution in [0.1, 0.15) is 68.6 Å². The maximum Gasteiger partial charge on any atom is 0.343 e. The van der Waals surface area contributed by atoms with Crippen LogP contribution in [-0.2, 0) is 9.53 Å². The normalized spacial score (nSPS) is 10.6. The van der Waals surface area contributed by atoms with E-state index in [0.717, 1.165) is 56.9 Å². The van der Waals surface area contributed by atoms with Gasteiger partial charge in [0.1, 0.15) is 11.5 Å². The Morgan fingerprint density at radius 3 is 1.91 bits per heavy atom. The summed E-state index contributed by atoms with van der Waals surface area (Å²) in [5.41, 5.74) is 1.77. The number of hydrogen-bond acceptors (Lipinski definition) is 8. The highest BCUT2D eigenvalue weighted by atomic mass is 16.6. The van der Waals surface area contributed by atoms with E-state index < -0.39 is 10.9 Å². The molecule has 0 fully saturated rings. The van der Waals surface area contributed by atoms with E-state index in [2.05, 4.69) is 6.58 Å². The quantitative estimate of drug-likeness (QED) is 0.0365. The van der Waals surface area contributed by atoms with Crippen LogP contribution in [0.4, 0.5) is 5.69 Å². The molecule has 3 rings (SSSR count). The fourth-order valence-corrected chi connectivity index (χ4v) is 4.30. The van der Waals surface area contributed by atoms with Crippen molar-refractivity contribution in [3.05, 3.63) is 94.6 Å². The van der Waals surface area contributed by atoms with E-state index in [1.54, 1.807) is 68.6 Å². The maximum absolute atomic E-state index is 12.7. The Labute approximate surface area is 252 Å². The van der Waals surface area contributed by atoms with Gasteiger partial charge in [0, 0.05) is 11.6 Å². The van der Waals surface area contributed by atoms with E-state index in [0.29, 0.717) is 35.8 Å². The van der Waals surface area contributed by atoms with Gasteiger partial charge < -0.3 is 18.9 Å². The molecular formula is C34H39NO8. The molecule has 3 aromatic carbocycles. The second-order valence-corrected chi connectivity index (χ2v) is 10.2. The standard InChI is InChI=1S/C34H39NO8/c1-25(2)33(36)42-23-11-9-7-5-4-6-8-10-22-41-30-19-14-27(15-20-30)34(37)43-32-21-16-28(24-31(32)35(38)39)26-12-17-29(40-3)18-13-26/h12-21,24H,1,4-11,22-23H2,2-3H3. The highest BCUT2D eigenvalue weighted by Gasteiger charge is 2.20. The molecule has 228 valence electrons. The second-order valence-electron chi connectivity index (χ2n) is 10.2. The van der Waals surface area contributed by atoms with Gasteiger partial charge in [-0.25, -0.2) is 9.59 Å². The smallest absolute Gasteiger partial charge is 0.343 e. The molecule has 0 N–H and O–H groups in total. The Hall–Kier alpha value is -4.66. The number of methoxy groups -OCH3 is 1. The molecule has 0 unspecified atom stereocenters. The summed E-state index contributed by atoms with van der Waals surface area (Å²) < 4.78 is 21.4. The maximum atomic E-state index is 12.7. The molecule has 43 heavy (non-hydrogen) atoms. The van der Waals surface area contributed by atoms with Crippen LogP contribution in [0.15, 0.2) is 78.9 Å². The molecule has 0 aliphatic carbocycles. The predicted octanol–water partition coefficient (Wildman–Crippen LogP) is 8.11. The number of rotatable bonds is 18. The van der Waals surface area contributed by atoms with E-state index in [1.165, 1.54) is 12.1 Å². The number of hydrogen-bond donors (Lipinski definition) is 0. The zero-order valence-electron chi connectivity index (χ0n) is 24.8. The average molecular weight is 590 g/mol. The van der Waals surface area contributed by atoms with Crippen LogP contribution in [0.25, 0.3) is 11.1 Å². The summed E-state index contributed by atoms with van der Waals surface area (Å²) in [6.45, 7) is 6.24. The summed E-state index contributed by atoms with van der Waals surface area (Å²) in [5.74, 6) is 0.171. The molecule has 9 nitrogen and oxygen atoms in total. The highest BCUT2D eigenvalue weighted by molar-refractivity contribution is 5.92. The molecule has 0 amide bonds. The number of unbranched alkanes of at least 4 members (excludes halogenated alkanes) is 7. The van der Waals surface area contributed by atoms with Crippen LogP contribution in [-0.4, -0.2) is 37.2 Å². The van der Waals surface area contributed by atoms with Gasteiger partial charge in [0.2, 0.25) is 5.75 Å². The molecule has 0 aromatic heterocycles. The van der Waals surface area contributed by atoms with Crippen LogP contribution in [0.2, 0.25) is 0 Å². The highest BCUT2D eigenvalue weighted by Crippen LogP contribution is 2.33. The molecular weight excluding hydrogens is 550 g/mol. The van der Waals surface area contributed by atoms with Crippen LogP contribution in [0.5, 0.6) is 17.2 Å². The summed E-state index contributed by atoms with van der Waals surface area (Å²) in [7, 11) is 1.56. The third-order valence-electron chi connectivity index (χ3n) is 6.76. The molecule has 0 heterocycles. The topological polar surface area (TPSA) is 114 Å². The van der Waals surface area contributed by atoms with E-state index in [9.17, 15) is 19.7 Å². The number of benzene rings is 3. The Balaban J connectivity index is 1.36. The molecule has 3 aromatic rings. The SMILES string of the molecule is C=C(C)C(=O)OCCCCCCCCCCOc1ccc(C(=O)Oc2ccc(-c3ccc(OC)cc3)cc2[N+](=O)[O-])cc1. The van der Waals surface area contributed by atoms with Gasteiger partial charge in [0.05, 0.1) is 30.8 Å². The zero-order valence-corrected chi connectivity index (χ0v) is 24.8. The predicted molar refractivity (Wildman–Crippen MR) is 165 cm³/mol. The van der Waals surface area contributed by atoms with E-state index >= 15 is 0 Å². The minimum atomic E-state index is -0.695. The van der Waals surface area contributed by atoms with Crippen molar-refractivity contribution in [2.45, 2.75) is 58.3 Å². The first-order valence-corrected chi connectivity index (χ1v) is 14.5. The molecule has 0 bridgehead atoms. The third kappa shape index (κ3) is 10.9. The number of nitrogens with zero attached hydrogens (tertiary/aromatic N) is 1. The van der Waals surface area contributed by atoms with Gasteiger partial charge in [-0.2, -0.15) is 0 Å². The van der Waals surface area contributed by atoms with Gasteiger partial charge in [0.15, 0.2) is 0 Å². The van der Waals surface area contributed by atoms with Gasteiger partial charge in [-0.3, -0.25) is 10.1 Å². The van der Waals surface area contributed by atoms with Gasteiger partial charge in [-0.15, -0.1) is 0 Å². The lowest BCUT2D eigenvalue weighted by Crippen LogP contribution is -2.10. The van der Waals surface area contributed by atoms with Gasteiger partial charge in [0.25, 0.3) is 0 Å². The van der Waals surface area contributed by atoms with Gasteiger partial charge >= 0.3 is 17.6 Å². The molecule has 0 spiro atoms. The zero-order chi connectivity index (χ0) is 31.0. The molecule has 9 heteroatoms. The van der Waals surface area contributed by atoms with Gasteiger partial charge in [-0.1, -0.05) is 63.3 Å². The first-order valence-electron chi connectivity index (χ1n) is 14.5. The minimum Gasteiger partial charge on any atom is -0.497 e. The monoisotopic (exact) mass is 589 g/mol. The summed E-state index contributed by atoms with van der Waals surface area (Å²) in [5, 5.41) is 11.7. The molecule has 0 atom stereocenters. The fourth-order valence-electron chi connectivity index (χ4n) is 4.30. The fraction of sp³-hybridized carbons (Fsp3) is 0.353. The number of nitro benzene ring substituents is 1. The van der Waals surface area contributed by atoms with Crippen molar-refractivity contribution in [3.8, 4) is 28.4 Å². The van der Waals surface area contributed by atoms with Crippen LogP contribution >= 0.6 is 0 Å². The summed E-state index contributed by atoms with van der Waals surface area (Å²) >= 11 is 0. The van der Waals surface area contributed by atoms with Crippen molar-refractivity contribution in [3.63, 3.8) is 0 Å². The Bertz CT molecular complexity index is 1370. The van der Waals surface area contributed by atoms with Crippen molar-refractivity contribution in [1.82, 2.24) is 0 Å². The Kier molecular flexibility index (Phi) is 13.2. The lowest BCUT2D eigenvalue weighted by Gasteiger charge is -2.09. The number of carbonyl (C=O) groups is 2. The molecule has 0 saturated heterocycles. The molecule has 0 aliphatic heterocycles. The first-order chi connectivity index (χ1) is 20.8. The summed E-state index contributed by atoms with van der Waals surface area (Å²) in [6, 6.07) is 18.1. The number of nitro groups is 1. The van der Waals surface area contributed by atoms with Crippen molar-refractivity contribution in [2.24, 2.45) is 0 Å². The van der Waals surface area contributed by atoms with Crippen LogP contribution < -0.4 is 14.2 Å². The number of ether oxygens (including phenoxy) is 4. The summed E-state index contributed by atoms with van der Waals surface area (Å²) in [6.07, 6.45) is 8.48. The van der Waals surface area contributed by atoms with E-state index in [1.807, 2.05) is 0 Å². The second kappa shape index (κ2) is 17.3. The summed E-state index contributed by atoms with van der Waals surface area (Å²) in [4.78, 5) is 35.2. The van der Waals surface area contributed by atoms with Crippen molar-refractivity contribution in [2.75, 3.05) is 20.3 Å². The third-order valence-corrected chi connectivity index (χ3v) is 6.76. The largest absolute Gasteiger partial charge is 0.497 e. The van der Waals surface area contributed by atoms with Crippen LogP contribution in [0.3, 0.4) is 0 Å². The van der Waals surface area contributed by atoms with Crippen molar-refractivity contribution in [1.29, 1.82) is 0 Å².